The van der Waals surface area contributed by atoms with Crippen LogP contribution in [-0.2, 0) is 4.74 Å². The lowest BCUT2D eigenvalue weighted by Crippen LogP contribution is -2.17. The van der Waals surface area contributed by atoms with E-state index in [2.05, 4.69) is 5.10 Å². The van der Waals surface area contributed by atoms with Crippen LogP contribution in [0.3, 0.4) is 0 Å². The van der Waals surface area contributed by atoms with Crippen molar-refractivity contribution in [2.45, 2.75) is 13.8 Å². The normalized spacial score (nSPS) is 11.1. The fraction of sp³-hybridized carbons (Fsp3) is 0.400. The Balaban J connectivity index is 2.17. The first-order chi connectivity index (χ1) is 7.18. The molecule has 4 nitrogen and oxygen atoms in total. The summed E-state index contributed by atoms with van der Waals surface area (Å²) in [7, 11) is 0. The fourth-order valence-corrected chi connectivity index (χ4v) is 2.00. The molecule has 2 rings (SSSR count). The van der Waals surface area contributed by atoms with Crippen LogP contribution in [0.2, 0.25) is 0 Å². The zero-order chi connectivity index (χ0) is 10.8. The van der Waals surface area contributed by atoms with Crippen molar-refractivity contribution < 1.29 is 9.53 Å². The smallest absolute Gasteiger partial charge is 0.436 e. The molecule has 2 heterocycles. The van der Waals surface area contributed by atoms with Gasteiger partial charge in [-0.05, 0) is 17.4 Å². The van der Waals surface area contributed by atoms with Crippen molar-refractivity contribution >= 4 is 27.6 Å². The molecule has 2 aromatic heterocycles. The summed E-state index contributed by atoms with van der Waals surface area (Å²) in [6.07, 6.45) is 1.27. The molecule has 5 heteroatoms. The third-order valence-corrected chi connectivity index (χ3v) is 2.80. The summed E-state index contributed by atoms with van der Waals surface area (Å²) in [4.78, 5) is 12.4. The van der Waals surface area contributed by atoms with Gasteiger partial charge >= 0.3 is 6.09 Å². The quantitative estimate of drug-likeness (QED) is 0.787. The lowest BCUT2D eigenvalue weighted by molar-refractivity contribution is 0.132. The van der Waals surface area contributed by atoms with E-state index in [1.165, 1.54) is 16.0 Å². The van der Waals surface area contributed by atoms with Crippen LogP contribution in [0, 0.1) is 5.92 Å². The Hall–Kier alpha value is -1.36. The van der Waals surface area contributed by atoms with E-state index in [4.69, 9.17) is 4.74 Å². The zero-order valence-electron chi connectivity index (χ0n) is 8.64. The lowest BCUT2D eigenvalue weighted by Gasteiger charge is -2.06. The highest BCUT2D eigenvalue weighted by Crippen LogP contribution is 2.20. The summed E-state index contributed by atoms with van der Waals surface area (Å²) in [5.74, 6) is 0.336. The minimum atomic E-state index is -0.402. The summed E-state index contributed by atoms with van der Waals surface area (Å²) in [6.45, 7) is 4.42. The molecular weight excluding hydrogens is 212 g/mol. The van der Waals surface area contributed by atoms with Gasteiger partial charge < -0.3 is 4.74 Å². The van der Waals surface area contributed by atoms with Gasteiger partial charge in [0.1, 0.15) is 4.83 Å². The highest BCUT2D eigenvalue weighted by molar-refractivity contribution is 7.16. The molecule has 0 N–H and O–H groups in total. The minimum absolute atomic E-state index is 0.336. The highest BCUT2D eigenvalue weighted by atomic mass is 32.1. The van der Waals surface area contributed by atoms with E-state index in [1.807, 2.05) is 25.3 Å². The second-order valence-electron chi connectivity index (χ2n) is 3.71. The van der Waals surface area contributed by atoms with Gasteiger partial charge in [-0.15, -0.1) is 11.3 Å². The van der Waals surface area contributed by atoms with Crippen LogP contribution in [0.4, 0.5) is 4.79 Å². The van der Waals surface area contributed by atoms with E-state index in [9.17, 15) is 4.79 Å². The predicted molar refractivity (Wildman–Crippen MR) is 59.2 cm³/mol. The average molecular weight is 224 g/mol. The third-order valence-electron chi connectivity index (χ3n) is 1.89. The van der Waals surface area contributed by atoms with Crippen molar-refractivity contribution in [3.8, 4) is 0 Å². The number of rotatable bonds is 2. The summed E-state index contributed by atoms with van der Waals surface area (Å²) < 4.78 is 6.40. The molecule has 0 atom stereocenters. The van der Waals surface area contributed by atoms with Gasteiger partial charge in [-0.1, -0.05) is 13.8 Å². The molecule has 0 amide bonds. The van der Waals surface area contributed by atoms with Crippen molar-refractivity contribution in [1.82, 2.24) is 9.78 Å². The summed E-state index contributed by atoms with van der Waals surface area (Å²) in [5, 5.41) is 6.89. The molecule has 0 aliphatic carbocycles. The zero-order valence-corrected chi connectivity index (χ0v) is 9.45. The van der Waals surface area contributed by atoms with Crippen LogP contribution in [0.5, 0.6) is 0 Å². The molecule has 0 unspecified atom stereocenters. The molecule has 0 saturated carbocycles. The monoisotopic (exact) mass is 224 g/mol. The molecule has 15 heavy (non-hydrogen) atoms. The molecule has 0 aliphatic heterocycles. The van der Waals surface area contributed by atoms with Crippen molar-refractivity contribution in [1.29, 1.82) is 0 Å². The Morgan fingerprint density at radius 3 is 3.20 bits per heavy atom. The Morgan fingerprint density at radius 1 is 1.67 bits per heavy atom. The number of hydrogen-bond donors (Lipinski definition) is 0. The maximum atomic E-state index is 11.6. The van der Waals surface area contributed by atoms with Gasteiger partial charge in [-0.2, -0.15) is 9.78 Å². The first-order valence-corrected chi connectivity index (χ1v) is 5.65. The lowest BCUT2D eigenvalue weighted by atomic mass is 10.2. The molecule has 0 radical (unpaired) electrons. The van der Waals surface area contributed by atoms with Crippen LogP contribution in [-0.4, -0.2) is 22.5 Å². The Bertz CT molecular complexity index is 472. The number of aromatic nitrogens is 2. The predicted octanol–water partition coefficient (Wildman–Crippen LogP) is 2.74. The highest BCUT2D eigenvalue weighted by Gasteiger charge is 2.12. The topological polar surface area (TPSA) is 44.1 Å². The maximum absolute atomic E-state index is 11.6. The largest absolute Gasteiger partial charge is 0.448 e. The summed E-state index contributed by atoms with van der Waals surface area (Å²) in [5.41, 5.74) is 0. The van der Waals surface area contributed by atoms with E-state index in [-0.39, 0.29) is 0 Å². The second-order valence-corrected chi connectivity index (χ2v) is 4.60. The third kappa shape index (κ3) is 2.02. The first-order valence-electron chi connectivity index (χ1n) is 4.77. The number of hydrogen-bond acceptors (Lipinski definition) is 4. The number of carbonyl (C=O) groups excluding carboxylic acids is 1. The van der Waals surface area contributed by atoms with Crippen LogP contribution in [0.1, 0.15) is 13.8 Å². The van der Waals surface area contributed by atoms with Crippen LogP contribution < -0.4 is 0 Å². The van der Waals surface area contributed by atoms with Crippen molar-refractivity contribution in [3.63, 3.8) is 0 Å². The number of thiophene rings is 1. The molecule has 0 bridgehead atoms. The molecule has 0 aromatic carbocycles. The standard InChI is InChI=1S/C10H12N2O2S/c1-7(2)6-14-10(13)12-9-8(5-11-12)3-4-15-9/h3-5,7H,6H2,1-2H3. The van der Waals surface area contributed by atoms with Gasteiger partial charge in [0.25, 0.3) is 0 Å². The Morgan fingerprint density at radius 2 is 2.47 bits per heavy atom. The molecule has 0 fully saturated rings. The van der Waals surface area contributed by atoms with Gasteiger partial charge in [0, 0.05) is 5.39 Å². The summed E-state index contributed by atoms with van der Waals surface area (Å²) in [6, 6.07) is 1.93. The second kappa shape index (κ2) is 4.02. The van der Waals surface area contributed by atoms with Crippen molar-refractivity contribution in [3.05, 3.63) is 17.6 Å². The molecule has 0 spiro atoms. The fourth-order valence-electron chi connectivity index (χ4n) is 1.18. The van der Waals surface area contributed by atoms with Crippen LogP contribution in [0.15, 0.2) is 17.6 Å². The van der Waals surface area contributed by atoms with E-state index < -0.39 is 6.09 Å². The summed E-state index contributed by atoms with van der Waals surface area (Å²) >= 11 is 1.48. The number of nitrogens with zero attached hydrogens (tertiary/aromatic N) is 2. The van der Waals surface area contributed by atoms with Crippen LogP contribution in [0.25, 0.3) is 10.2 Å². The molecule has 0 aliphatic rings. The molecular formula is C10H12N2O2S. The first kappa shape index (κ1) is 10.2. The SMILES string of the molecule is CC(C)COC(=O)n1ncc2ccsc21. The van der Waals surface area contributed by atoms with E-state index in [0.29, 0.717) is 12.5 Å². The molecule has 0 saturated heterocycles. The number of ether oxygens (including phenoxy) is 1. The van der Waals surface area contributed by atoms with E-state index in [1.54, 1.807) is 6.20 Å². The van der Waals surface area contributed by atoms with Gasteiger partial charge in [-0.3, -0.25) is 0 Å². The maximum Gasteiger partial charge on any atom is 0.436 e. The number of fused-ring (bicyclic) bond motifs is 1. The van der Waals surface area contributed by atoms with Crippen molar-refractivity contribution in [2.75, 3.05) is 6.61 Å². The average Bonchev–Trinajstić information content (AvgIpc) is 2.74. The Kier molecular flexibility index (Phi) is 2.73. The van der Waals surface area contributed by atoms with Gasteiger partial charge in [0.05, 0.1) is 12.8 Å². The van der Waals surface area contributed by atoms with Crippen LogP contribution >= 0.6 is 11.3 Å². The van der Waals surface area contributed by atoms with E-state index in [0.717, 1.165) is 10.2 Å². The van der Waals surface area contributed by atoms with Gasteiger partial charge in [0.2, 0.25) is 0 Å². The minimum Gasteiger partial charge on any atom is -0.448 e. The number of carbonyl (C=O) groups is 1. The van der Waals surface area contributed by atoms with Crippen molar-refractivity contribution in [2.24, 2.45) is 5.92 Å². The molecule has 80 valence electrons. The Labute approximate surface area is 91.5 Å². The van der Waals surface area contributed by atoms with E-state index >= 15 is 0 Å². The van der Waals surface area contributed by atoms with Gasteiger partial charge in [0.15, 0.2) is 0 Å². The van der Waals surface area contributed by atoms with Gasteiger partial charge in [-0.25, -0.2) is 4.79 Å². The molecule has 2 aromatic rings.